The first-order chi connectivity index (χ1) is 5.82. The summed E-state index contributed by atoms with van der Waals surface area (Å²) in [6, 6.07) is 2.38. The lowest BCUT2D eigenvalue weighted by Gasteiger charge is -2.18. The molecule has 0 aliphatic carbocycles. The molecule has 0 radical (unpaired) electrons. The smallest absolute Gasteiger partial charge is 0.00765 e. The van der Waals surface area contributed by atoms with Crippen LogP contribution in [0, 0.1) is 6.92 Å². The summed E-state index contributed by atoms with van der Waals surface area (Å²) in [5.41, 5.74) is 1.81. The van der Waals surface area contributed by atoms with Crippen LogP contribution in [0.1, 0.15) is 55.9 Å². The molecule has 0 unspecified atom stereocenters. The van der Waals surface area contributed by atoms with Crippen molar-refractivity contribution in [3.63, 3.8) is 0 Å². The summed E-state index contributed by atoms with van der Waals surface area (Å²) in [7, 11) is 0. The molecule has 0 aromatic carbocycles. The van der Waals surface area contributed by atoms with Crippen LogP contribution in [0.2, 0.25) is 0 Å². The topological polar surface area (TPSA) is 0 Å². The van der Waals surface area contributed by atoms with E-state index < -0.39 is 0 Å². The lowest BCUT2D eigenvalue weighted by molar-refractivity contribution is 0.588. The Hall–Kier alpha value is -0.300. The normalized spacial score (nSPS) is 12.5. The van der Waals surface area contributed by atoms with E-state index in [1.54, 1.807) is 0 Å². The summed E-state index contributed by atoms with van der Waals surface area (Å²) >= 11 is 1.95. The van der Waals surface area contributed by atoms with Gasteiger partial charge in [-0.3, -0.25) is 0 Å². The molecule has 0 saturated carbocycles. The zero-order valence-corrected chi connectivity index (χ0v) is 10.4. The van der Waals surface area contributed by atoms with Crippen LogP contribution < -0.4 is 0 Å². The highest BCUT2D eigenvalue weighted by Gasteiger charge is 2.19. The van der Waals surface area contributed by atoms with Crippen molar-refractivity contribution in [1.29, 1.82) is 0 Å². The second kappa shape index (κ2) is 3.45. The Morgan fingerprint density at radius 1 is 1.23 bits per heavy atom. The van der Waals surface area contributed by atoms with Crippen LogP contribution in [0.4, 0.5) is 0 Å². The predicted molar refractivity (Wildman–Crippen MR) is 61.8 cm³/mol. The van der Waals surface area contributed by atoms with Gasteiger partial charge in [-0.05, 0) is 29.9 Å². The maximum absolute atomic E-state index is 2.38. The maximum atomic E-state index is 2.38. The first kappa shape index (κ1) is 10.8. The Morgan fingerprint density at radius 2 is 1.77 bits per heavy atom. The monoisotopic (exact) mass is 196 g/mol. The molecule has 0 atom stereocenters. The van der Waals surface area contributed by atoms with Gasteiger partial charge in [-0.15, -0.1) is 11.3 Å². The van der Waals surface area contributed by atoms with Gasteiger partial charge in [0.15, 0.2) is 0 Å². The quantitative estimate of drug-likeness (QED) is 0.621. The van der Waals surface area contributed by atoms with Crippen LogP contribution in [0.15, 0.2) is 6.07 Å². The number of aryl methyl sites for hydroxylation is 1. The molecule has 74 valence electrons. The highest BCUT2D eigenvalue weighted by molar-refractivity contribution is 7.12. The van der Waals surface area contributed by atoms with Crippen LogP contribution >= 0.6 is 11.3 Å². The summed E-state index contributed by atoms with van der Waals surface area (Å²) in [4.78, 5) is 3.00. The van der Waals surface area contributed by atoms with E-state index in [1.165, 1.54) is 15.3 Å². The van der Waals surface area contributed by atoms with Crippen molar-refractivity contribution < 1.29 is 0 Å². The zero-order chi connectivity index (χ0) is 10.2. The molecule has 1 heteroatoms. The first-order valence-electron chi connectivity index (χ1n) is 4.93. The predicted octanol–water partition coefficient (Wildman–Crippen LogP) is 4.48. The third-order valence-corrected chi connectivity index (χ3v) is 3.66. The van der Waals surface area contributed by atoms with E-state index in [0.29, 0.717) is 11.3 Å². The molecular weight excluding hydrogens is 176 g/mol. The van der Waals surface area contributed by atoms with Gasteiger partial charge in [-0.25, -0.2) is 0 Å². The van der Waals surface area contributed by atoms with Crippen molar-refractivity contribution >= 4 is 11.3 Å². The molecule has 1 aromatic rings. The molecule has 0 fully saturated rings. The molecule has 1 heterocycles. The van der Waals surface area contributed by atoms with Crippen molar-refractivity contribution in [3.8, 4) is 0 Å². The van der Waals surface area contributed by atoms with Gasteiger partial charge in [0.25, 0.3) is 0 Å². The van der Waals surface area contributed by atoms with E-state index in [1.807, 2.05) is 11.3 Å². The molecule has 1 rings (SSSR count). The largest absolute Gasteiger partial charge is 0.145 e. The molecule has 0 amide bonds. The molecular formula is C12H20S. The first-order valence-corrected chi connectivity index (χ1v) is 5.75. The maximum Gasteiger partial charge on any atom is 0.00765 e. The highest BCUT2D eigenvalue weighted by atomic mass is 32.1. The van der Waals surface area contributed by atoms with Crippen molar-refractivity contribution in [1.82, 2.24) is 0 Å². The van der Waals surface area contributed by atoms with Crippen LogP contribution in [0.3, 0.4) is 0 Å². The SMILES string of the molecule is Cc1sc(C(C)C)cc1C(C)(C)C. The van der Waals surface area contributed by atoms with Gasteiger partial charge in [-0.1, -0.05) is 34.6 Å². The molecule has 0 spiro atoms. The van der Waals surface area contributed by atoms with Gasteiger partial charge in [0.05, 0.1) is 0 Å². The number of thiophene rings is 1. The minimum Gasteiger partial charge on any atom is -0.145 e. The van der Waals surface area contributed by atoms with Crippen molar-refractivity contribution in [2.45, 2.75) is 52.9 Å². The minimum absolute atomic E-state index is 0.299. The third-order valence-electron chi connectivity index (χ3n) is 2.31. The number of hydrogen-bond acceptors (Lipinski definition) is 1. The molecule has 0 aliphatic rings. The van der Waals surface area contributed by atoms with Crippen LogP contribution in [-0.4, -0.2) is 0 Å². The summed E-state index contributed by atoms with van der Waals surface area (Å²) in [6.07, 6.45) is 0. The molecule has 0 aliphatic heterocycles. The average molecular weight is 196 g/mol. The van der Waals surface area contributed by atoms with Gasteiger partial charge < -0.3 is 0 Å². The van der Waals surface area contributed by atoms with Gasteiger partial charge in [0.1, 0.15) is 0 Å². The average Bonchev–Trinajstić information content (AvgIpc) is 2.29. The Balaban J connectivity index is 3.11. The lowest BCUT2D eigenvalue weighted by Crippen LogP contribution is -2.10. The zero-order valence-electron chi connectivity index (χ0n) is 9.56. The standard InChI is InChI=1S/C12H20S/c1-8(2)11-7-10(9(3)13-11)12(4,5)6/h7-8H,1-6H3. The van der Waals surface area contributed by atoms with E-state index in [4.69, 9.17) is 0 Å². The summed E-state index contributed by atoms with van der Waals surface area (Å²) < 4.78 is 0. The van der Waals surface area contributed by atoms with E-state index >= 15 is 0 Å². The molecule has 0 saturated heterocycles. The Labute approximate surface area is 86.0 Å². The van der Waals surface area contributed by atoms with E-state index in [2.05, 4.69) is 47.6 Å². The van der Waals surface area contributed by atoms with Gasteiger partial charge in [0, 0.05) is 9.75 Å². The minimum atomic E-state index is 0.299. The van der Waals surface area contributed by atoms with Crippen molar-refractivity contribution in [3.05, 3.63) is 21.4 Å². The van der Waals surface area contributed by atoms with E-state index in [-0.39, 0.29) is 0 Å². The second-order valence-electron chi connectivity index (χ2n) is 5.02. The fourth-order valence-electron chi connectivity index (χ4n) is 1.53. The van der Waals surface area contributed by atoms with Gasteiger partial charge in [-0.2, -0.15) is 0 Å². The Kier molecular flexibility index (Phi) is 2.86. The summed E-state index contributed by atoms with van der Waals surface area (Å²) in [6.45, 7) is 13.6. The molecule has 0 nitrogen and oxygen atoms in total. The fourth-order valence-corrected chi connectivity index (χ4v) is 2.78. The molecule has 13 heavy (non-hydrogen) atoms. The van der Waals surface area contributed by atoms with E-state index in [0.717, 1.165) is 0 Å². The molecule has 1 aromatic heterocycles. The second-order valence-corrected chi connectivity index (χ2v) is 6.31. The number of hydrogen-bond donors (Lipinski definition) is 0. The Morgan fingerprint density at radius 3 is 2.00 bits per heavy atom. The third kappa shape index (κ3) is 2.34. The fraction of sp³-hybridized carbons (Fsp3) is 0.667. The molecule has 0 N–H and O–H groups in total. The van der Waals surface area contributed by atoms with Crippen LogP contribution in [0.25, 0.3) is 0 Å². The summed E-state index contributed by atoms with van der Waals surface area (Å²) in [5.74, 6) is 0.666. The van der Waals surface area contributed by atoms with Crippen molar-refractivity contribution in [2.24, 2.45) is 0 Å². The van der Waals surface area contributed by atoms with Gasteiger partial charge in [0.2, 0.25) is 0 Å². The molecule has 0 bridgehead atoms. The Bertz CT molecular complexity index is 287. The number of rotatable bonds is 1. The van der Waals surface area contributed by atoms with Gasteiger partial charge >= 0.3 is 0 Å². The summed E-state index contributed by atoms with van der Waals surface area (Å²) in [5, 5.41) is 0. The van der Waals surface area contributed by atoms with Crippen LogP contribution in [0.5, 0.6) is 0 Å². The highest BCUT2D eigenvalue weighted by Crippen LogP contribution is 2.34. The lowest BCUT2D eigenvalue weighted by atomic mass is 9.87. The van der Waals surface area contributed by atoms with E-state index in [9.17, 15) is 0 Å². The van der Waals surface area contributed by atoms with Crippen LogP contribution in [-0.2, 0) is 5.41 Å². The van der Waals surface area contributed by atoms with Crippen molar-refractivity contribution in [2.75, 3.05) is 0 Å².